The van der Waals surface area contributed by atoms with Gasteiger partial charge in [-0.25, -0.2) is 12.6 Å². The van der Waals surface area contributed by atoms with E-state index in [0.717, 1.165) is 0 Å². The van der Waals surface area contributed by atoms with Gasteiger partial charge in [0, 0.05) is 0 Å². The summed E-state index contributed by atoms with van der Waals surface area (Å²) in [6, 6.07) is 0. The summed E-state index contributed by atoms with van der Waals surface area (Å²) in [6.07, 6.45) is 0.900. The molecule has 0 aromatic carbocycles. The van der Waals surface area contributed by atoms with E-state index in [0.29, 0.717) is 12.8 Å². The first kappa shape index (κ1) is 9.15. The van der Waals surface area contributed by atoms with E-state index in [1.54, 1.807) is 0 Å². The van der Waals surface area contributed by atoms with Gasteiger partial charge in [0.2, 0.25) is 0 Å². The highest BCUT2D eigenvalue weighted by Gasteiger charge is 2.25. The molecule has 0 aromatic rings. The molecule has 1 aliphatic heterocycles. The maximum atomic E-state index is 10.9. The van der Waals surface area contributed by atoms with Gasteiger partial charge in [0.1, 0.15) is 9.84 Å². The van der Waals surface area contributed by atoms with E-state index >= 15 is 0 Å². The van der Waals surface area contributed by atoms with Crippen LogP contribution in [0.25, 0.3) is 0 Å². The molecule has 0 amide bonds. The number of sulfone groups is 1. The Bertz CT molecular complexity index is 245. The molecule has 1 aliphatic rings. The third-order valence-electron chi connectivity index (χ3n) is 1.83. The molecule has 0 unspecified atom stereocenters. The van der Waals surface area contributed by atoms with Gasteiger partial charge in [0.15, 0.2) is 0 Å². The van der Waals surface area contributed by atoms with Gasteiger partial charge in [-0.3, -0.25) is 5.14 Å². The number of nitrogens with two attached hydrogens (primary N) is 1. The molecule has 1 atom stereocenters. The molecule has 1 heterocycles. The molecule has 0 aliphatic carbocycles. The average molecular weight is 197 g/mol. The zero-order valence-electron chi connectivity index (χ0n) is 6.02. The Kier molecular flexibility index (Phi) is 2.66. The first-order valence-corrected chi connectivity index (χ1v) is 6.46. The molecule has 66 valence electrons. The topological polar surface area (TPSA) is 77.2 Å². The summed E-state index contributed by atoms with van der Waals surface area (Å²) in [5, 5.41) is 5.02. The summed E-state index contributed by atoms with van der Waals surface area (Å²) in [5.74, 6) is 0.279. The highest BCUT2D eigenvalue weighted by molar-refractivity contribution is 7.91. The zero-order chi connectivity index (χ0) is 8.48. The monoisotopic (exact) mass is 197 g/mol. The maximum absolute atomic E-state index is 10.9. The number of rotatable bonds is 1. The lowest BCUT2D eigenvalue weighted by molar-refractivity contribution is 0.574. The van der Waals surface area contributed by atoms with E-state index in [-0.39, 0.29) is 16.8 Å². The fourth-order valence-corrected chi connectivity index (χ4v) is 3.59. The molecule has 0 bridgehead atoms. The molecular weight excluding hydrogens is 186 g/mol. The fraction of sp³-hybridized carbons (Fsp3) is 1.00. The molecule has 1 saturated heterocycles. The smallest absolute Gasteiger partial charge is 0.150 e. The Morgan fingerprint density at radius 2 is 1.73 bits per heavy atom. The van der Waals surface area contributed by atoms with Gasteiger partial charge in [-0.1, -0.05) is 0 Å². The van der Waals surface area contributed by atoms with Crippen LogP contribution in [0.2, 0.25) is 0 Å². The van der Waals surface area contributed by atoms with Gasteiger partial charge in [-0.2, -0.15) is 0 Å². The lowest BCUT2D eigenvalue weighted by atomic mass is 10.2. The minimum atomic E-state index is -2.84. The van der Waals surface area contributed by atoms with Crippen LogP contribution in [-0.2, 0) is 20.8 Å². The van der Waals surface area contributed by atoms with Crippen molar-refractivity contribution in [3.8, 4) is 0 Å². The first-order chi connectivity index (χ1) is 5.01. The third kappa shape index (κ3) is 2.53. The normalized spacial score (nSPS) is 28.1. The van der Waals surface area contributed by atoms with Crippen molar-refractivity contribution >= 4 is 20.8 Å². The highest BCUT2D eigenvalue weighted by Crippen LogP contribution is 2.15. The van der Waals surface area contributed by atoms with E-state index in [1.807, 2.05) is 0 Å². The van der Waals surface area contributed by atoms with E-state index in [2.05, 4.69) is 0 Å². The Labute approximate surface area is 68.7 Å². The molecular formula is C5H11NO3S2. The molecule has 0 radical (unpaired) electrons. The lowest BCUT2D eigenvalue weighted by Crippen LogP contribution is -2.32. The lowest BCUT2D eigenvalue weighted by Gasteiger charge is -2.18. The van der Waals surface area contributed by atoms with Crippen LogP contribution in [0.3, 0.4) is 0 Å². The van der Waals surface area contributed by atoms with Crippen molar-refractivity contribution in [2.45, 2.75) is 18.1 Å². The SMILES string of the molecule is N[S@](=O)C1CCS(=O)(=O)CC1. The van der Waals surface area contributed by atoms with Crippen LogP contribution in [0.5, 0.6) is 0 Å². The third-order valence-corrected chi connectivity index (χ3v) is 4.67. The van der Waals surface area contributed by atoms with Gasteiger partial charge in [-0.05, 0) is 12.8 Å². The van der Waals surface area contributed by atoms with Crippen LogP contribution >= 0.6 is 0 Å². The Hall–Kier alpha value is 0.0600. The minimum Gasteiger partial charge on any atom is -0.252 e. The highest BCUT2D eigenvalue weighted by atomic mass is 32.2. The summed E-state index contributed by atoms with van der Waals surface area (Å²) in [7, 11) is -4.19. The zero-order valence-corrected chi connectivity index (χ0v) is 7.66. The molecule has 0 aromatic heterocycles. The number of hydrogen-bond donors (Lipinski definition) is 1. The van der Waals surface area contributed by atoms with Gasteiger partial charge >= 0.3 is 0 Å². The average Bonchev–Trinajstić information content (AvgIpc) is 1.86. The minimum absolute atomic E-state index is 0.112. The van der Waals surface area contributed by atoms with Gasteiger partial charge in [0.25, 0.3) is 0 Å². The quantitative estimate of drug-likeness (QED) is 0.597. The summed E-state index contributed by atoms with van der Waals surface area (Å²) in [6.45, 7) is 0. The summed E-state index contributed by atoms with van der Waals surface area (Å²) in [5.41, 5.74) is 0. The van der Waals surface area contributed by atoms with Crippen LogP contribution in [0.15, 0.2) is 0 Å². The molecule has 11 heavy (non-hydrogen) atoms. The maximum Gasteiger partial charge on any atom is 0.150 e. The van der Waals surface area contributed by atoms with Gasteiger partial charge < -0.3 is 0 Å². The Morgan fingerprint density at radius 1 is 1.27 bits per heavy atom. The predicted octanol–water partition coefficient (Wildman–Crippen LogP) is -0.814. The van der Waals surface area contributed by atoms with Crippen molar-refractivity contribution < 1.29 is 12.6 Å². The van der Waals surface area contributed by atoms with Crippen LogP contribution < -0.4 is 5.14 Å². The molecule has 0 saturated carbocycles. The molecule has 6 heteroatoms. The van der Waals surface area contributed by atoms with Crippen molar-refractivity contribution in [1.82, 2.24) is 0 Å². The van der Waals surface area contributed by atoms with Crippen molar-refractivity contribution in [2.24, 2.45) is 5.14 Å². The summed E-state index contributed by atoms with van der Waals surface area (Å²) in [4.78, 5) is 0. The van der Waals surface area contributed by atoms with Crippen molar-refractivity contribution in [1.29, 1.82) is 0 Å². The van der Waals surface area contributed by atoms with Gasteiger partial charge in [-0.15, -0.1) is 0 Å². The van der Waals surface area contributed by atoms with Crippen molar-refractivity contribution in [3.63, 3.8) is 0 Å². The molecule has 1 rings (SSSR count). The van der Waals surface area contributed by atoms with E-state index in [9.17, 15) is 12.6 Å². The predicted molar refractivity (Wildman–Crippen MR) is 44.0 cm³/mol. The largest absolute Gasteiger partial charge is 0.252 e. The van der Waals surface area contributed by atoms with Gasteiger partial charge in [0.05, 0.1) is 27.7 Å². The Morgan fingerprint density at radius 3 is 2.09 bits per heavy atom. The van der Waals surface area contributed by atoms with Crippen molar-refractivity contribution in [3.05, 3.63) is 0 Å². The van der Waals surface area contributed by atoms with Crippen LogP contribution in [0, 0.1) is 0 Å². The van der Waals surface area contributed by atoms with E-state index < -0.39 is 20.8 Å². The van der Waals surface area contributed by atoms with E-state index in [1.165, 1.54) is 0 Å². The molecule has 0 spiro atoms. The second kappa shape index (κ2) is 3.20. The summed E-state index contributed by atoms with van der Waals surface area (Å²) < 4.78 is 32.5. The second-order valence-electron chi connectivity index (χ2n) is 2.68. The molecule has 4 nitrogen and oxygen atoms in total. The number of hydrogen-bond acceptors (Lipinski definition) is 3. The molecule has 1 fully saturated rings. The van der Waals surface area contributed by atoms with Crippen LogP contribution in [0.4, 0.5) is 0 Å². The fourth-order valence-electron chi connectivity index (χ4n) is 1.10. The first-order valence-electron chi connectivity index (χ1n) is 3.37. The van der Waals surface area contributed by atoms with E-state index in [4.69, 9.17) is 5.14 Å². The Balaban J connectivity index is 2.56. The molecule has 2 N–H and O–H groups in total. The van der Waals surface area contributed by atoms with Crippen molar-refractivity contribution in [2.75, 3.05) is 11.5 Å². The standard InChI is InChI=1S/C5H11NO3S2/c6-10(7)5-1-3-11(8,9)4-2-5/h5H,1-4,6H2/t10-/m1/s1. The van der Waals surface area contributed by atoms with Crippen LogP contribution in [0.1, 0.15) is 12.8 Å². The van der Waals surface area contributed by atoms with Crippen LogP contribution in [-0.4, -0.2) is 29.4 Å². The summed E-state index contributed by atoms with van der Waals surface area (Å²) >= 11 is 0. The second-order valence-corrected chi connectivity index (χ2v) is 6.31.